The summed E-state index contributed by atoms with van der Waals surface area (Å²) in [6.45, 7) is 1.70. The molecule has 0 aliphatic carbocycles. The van der Waals surface area contributed by atoms with Gasteiger partial charge in [-0.2, -0.15) is 0 Å². The molecular formula is C21H25N3O3. The molecule has 0 radical (unpaired) electrons. The molecule has 6 heteroatoms. The number of benzene rings is 2. The van der Waals surface area contributed by atoms with Crippen LogP contribution in [-0.4, -0.2) is 54.5 Å². The Morgan fingerprint density at radius 1 is 1.15 bits per heavy atom. The fourth-order valence-corrected chi connectivity index (χ4v) is 3.37. The molecule has 2 aromatic carbocycles. The highest BCUT2D eigenvalue weighted by Crippen LogP contribution is 2.24. The number of nitrogens with zero attached hydrogens (tertiary/aromatic N) is 2. The number of likely N-dealkylation sites (tertiary alicyclic amines) is 1. The number of nitrogens with one attached hydrogen (secondary N) is 1. The highest BCUT2D eigenvalue weighted by Gasteiger charge is 2.35. The number of amides is 2. The lowest BCUT2D eigenvalue weighted by atomic mass is 10.1. The van der Waals surface area contributed by atoms with Crippen LogP contribution in [0.15, 0.2) is 54.6 Å². The zero-order valence-corrected chi connectivity index (χ0v) is 15.5. The van der Waals surface area contributed by atoms with E-state index in [0.29, 0.717) is 26.1 Å². The molecule has 1 aliphatic heterocycles. The van der Waals surface area contributed by atoms with Gasteiger partial charge >= 0.3 is 0 Å². The Bertz CT molecular complexity index is 794. The molecule has 3 rings (SSSR count). The van der Waals surface area contributed by atoms with Crippen LogP contribution < -0.4 is 10.2 Å². The molecule has 0 spiro atoms. The van der Waals surface area contributed by atoms with Gasteiger partial charge in [0.25, 0.3) is 5.91 Å². The molecule has 27 heavy (non-hydrogen) atoms. The second-order valence-corrected chi connectivity index (χ2v) is 6.72. The lowest BCUT2D eigenvalue weighted by Gasteiger charge is -2.25. The number of carbonyl (C=O) groups is 2. The van der Waals surface area contributed by atoms with Crippen LogP contribution in [-0.2, 0) is 4.79 Å². The molecule has 0 aromatic heterocycles. The van der Waals surface area contributed by atoms with Crippen LogP contribution >= 0.6 is 0 Å². The number of hydrogen-bond donors (Lipinski definition) is 2. The predicted molar refractivity (Wildman–Crippen MR) is 105 cm³/mol. The summed E-state index contributed by atoms with van der Waals surface area (Å²) in [6.07, 6.45) is 1.42. The third-order valence-electron chi connectivity index (χ3n) is 4.89. The molecule has 1 atom stereocenters. The first kappa shape index (κ1) is 18.8. The highest BCUT2D eigenvalue weighted by molar-refractivity contribution is 5.99. The molecule has 2 amide bonds. The Morgan fingerprint density at radius 2 is 1.85 bits per heavy atom. The first-order chi connectivity index (χ1) is 13.1. The third kappa shape index (κ3) is 4.39. The van der Waals surface area contributed by atoms with E-state index in [1.165, 1.54) is 6.07 Å². The minimum atomic E-state index is -0.487. The standard InChI is InChI=1S/C21H25N3O3/c1-23(16-8-3-2-4-9-16)15-13-22-20(26)18-11-7-14-24(18)21(27)17-10-5-6-12-19(17)25/h2-6,8-10,12,18,25H,7,11,13-15H2,1H3,(H,22,26). The second kappa shape index (κ2) is 8.58. The monoisotopic (exact) mass is 367 g/mol. The average molecular weight is 367 g/mol. The number of hydrogen-bond acceptors (Lipinski definition) is 4. The van der Waals surface area contributed by atoms with Crippen LogP contribution in [0.3, 0.4) is 0 Å². The zero-order chi connectivity index (χ0) is 19.2. The van der Waals surface area contributed by atoms with Crippen molar-refractivity contribution in [2.24, 2.45) is 0 Å². The van der Waals surface area contributed by atoms with Gasteiger partial charge in [0.1, 0.15) is 11.8 Å². The maximum atomic E-state index is 12.7. The van der Waals surface area contributed by atoms with Crippen molar-refractivity contribution in [3.05, 3.63) is 60.2 Å². The van der Waals surface area contributed by atoms with Crippen molar-refractivity contribution in [1.82, 2.24) is 10.2 Å². The summed E-state index contributed by atoms with van der Waals surface area (Å²) < 4.78 is 0. The van der Waals surface area contributed by atoms with Crippen molar-refractivity contribution < 1.29 is 14.7 Å². The van der Waals surface area contributed by atoms with E-state index in [1.807, 2.05) is 37.4 Å². The van der Waals surface area contributed by atoms with Crippen molar-refractivity contribution in [2.45, 2.75) is 18.9 Å². The smallest absolute Gasteiger partial charge is 0.258 e. The van der Waals surface area contributed by atoms with Crippen LogP contribution in [0.25, 0.3) is 0 Å². The molecule has 0 bridgehead atoms. The normalized spacial score (nSPS) is 16.2. The van der Waals surface area contributed by atoms with E-state index >= 15 is 0 Å². The Hall–Kier alpha value is -3.02. The molecule has 2 N–H and O–H groups in total. The van der Waals surface area contributed by atoms with Gasteiger partial charge in [-0.15, -0.1) is 0 Å². The van der Waals surface area contributed by atoms with E-state index in [0.717, 1.165) is 12.1 Å². The Morgan fingerprint density at radius 3 is 2.59 bits per heavy atom. The predicted octanol–water partition coefficient (Wildman–Crippen LogP) is 2.25. The van der Waals surface area contributed by atoms with E-state index in [-0.39, 0.29) is 23.1 Å². The quantitative estimate of drug-likeness (QED) is 0.821. The summed E-state index contributed by atoms with van der Waals surface area (Å²) in [6, 6.07) is 15.9. The maximum Gasteiger partial charge on any atom is 0.258 e. The number of phenols is 1. The fraction of sp³-hybridized carbons (Fsp3) is 0.333. The molecule has 142 valence electrons. The fourth-order valence-electron chi connectivity index (χ4n) is 3.37. The molecule has 2 aromatic rings. The van der Waals surface area contributed by atoms with Crippen LogP contribution in [0.2, 0.25) is 0 Å². The summed E-state index contributed by atoms with van der Waals surface area (Å²) in [5, 5.41) is 12.9. The van der Waals surface area contributed by atoms with E-state index in [1.54, 1.807) is 23.1 Å². The van der Waals surface area contributed by atoms with Crippen molar-refractivity contribution >= 4 is 17.5 Å². The minimum Gasteiger partial charge on any atom is -0.507 e. The highest BCUT2D eigenvalue weighted by atomic mass is 16.3. The molecule has 1 fully saturated rings. The van der Waals surface area contributed by atoms with Gasteiger partial charge in [-0.3, -0.25) is 9.59 Å². The van der Waals surface area contributed by atoms with Gasteiger partial charge < -0.3 is 20.2 Å². The van der Waals surface area contributed by atoms with Gasteiger partial charge in [-0.05, 0) is 37.1 Å². The van der Waals surface area contributed by atoms with Gasteiger partial charge in [0.2, 0.25) is 5.91 Å². The molecule has 1 saturated heterocycles. The molecule has 0 saturated carbocycles. The summed E-state index contributed by atoms with van der Waals surface area (Å²) in [5.74, 6) is -0.497. The van der Waals surface area contributed by atoms with Gasteiger partial charge in [0.15, 0.2) is 0 Å². The van der Waals surface area contributed by atoms with Crippen molar-refractivity contribution in [3.8, 4) is 5.75 Å². The summed E-state index contributed by atoms with van der Waals surface area (Å²) in [7, 11) is 1.98. The lowest BCUT2D eigenvalue weighted by molar-refractivity contribution is -0.124. The summed E-state index contributed by atoms with van der Waals surface area (Å²) in [4.78, 5) is 29.0. The third-order valence-corrected chi connectivity index (χ3v) is 4.89. The minimum absolute atomic E-state index is 0.0574. The molecular weight excluding hydrogens is 342 g/mol. The molecule has 1 unspecified atom stereocenters. The Kier molecular flexibility index (Phi) is 5.96. The van der Waals surface area contributed by atoms with Crippen LogP contribution in [0.1, 0.15) is 23.2 Å². The van der Waals surface area contributed by atoms with Crippen LogP contribution in [0.5, 0.6) is 5.75 Å². The maximum absolute atomic E-state index is 12.7. The number of carbonyl (C=O) groups excluding carboxylic acids is 2. The number of aromatic hydroxyl groups is 1. The summed E-state index contributed by atoms with van der Waals surface area (Å²) >= 11 is 0. The first-order valence-corrected chi connectivity index (χ1v) is 9.21. The molecule has 1 aliphatic rings. The topological polar surface area (TPSA) is 72.9 Å². The lowest BCUT2D eigenvalue weighted by Crippen LogP contribution is -2.47. The van der Waals surface area contributed by atoms with Gasteiger partial charge in [0, 0.05) is 32.4 Å². The average Bonchev–Trinajstić information content (AvgIpc) is 3.18. The Labute approximate surface area is 159 Å². The van der Waals surface area contributed by atoms with E-state index in [2.05, 4.69) is 10.2 Å². The number of phenolic OH excluding ortho intramolecular Hbond substituents is 1. The van der Waals surface area contributed by atoms with Crippen molar-refractivity contribution in [2.75, 3.05) is 31.6 Å². The Balaban J connectivity index is 1.56. The van der Waals surface area contributed by atoms with Crippen molar-refractivity contribution in [1.29, 1.82) is 0 Å². The molecule has 6 nitrogen and oxygen atoms in total. The van der Waals surface area contributed by atoms with Gasteiger partial charge in [-0.1, -0.05) is 30.3 Å². The van der Waals surface area contributed by atoms with Gasteiger partial charge in [-0.25, -0.2) is 0 Å². The zero-order valence-electron chi connectivity index (χ0n) is 15.5. The number of likely N-dealkylation sites (N-methyl/N-ethyl adjacent to an activating group) is 1. The van der Waals surface area contributed by atoms with Crippen LogP contribution in [0, 0.1) is 0 Å². The van der Waals surface area contributed by atoms with E-state index in [4.69, 9.17) is 0 Å². The SMILES string of the molecule is CN(CCNC(=O)C1CCCN1C(=O)c1ccccc1O)c1ccccc1. The first-order valence-electron chi connectivity index (χ1n) is 9.21. The van der Waals surface area contributed by atoms with E-state index < -0.39 is 6.04 Å². The molecule has 1 heterocycles. The largest absolute Gasteiger partial charge is 0.507 e. The summed E-state index contributed by atoms with van der Waals surface area (Å²) in [5.41, 5.74) is 1.32. The second-order valence-electron chi connectivity index (χ2n) is 6.72. The van der Waals surface area contributed by atoms with Crippen LogP contribution in [0.4, 0.5) is 5.69 Å². The number of para-hydroxylation sites is 2. The van der Waals surface area contributed by atoms with Gasteiger partial charge in [0.05, 0.1) is 5.56 Å². The van der Waals surface area contributed by atoms with Crippen molar-refractivity contribution in [3.63, 3.8) is 0 Å². The number of rotatable bonds is 6. The number of anilines is 1. The van der Waals surface area contributed by atoms with E-state index in [9.17, 15) is 14.7 Å².